The summed E-state index contributed by atoms with van der Waals surface area (Å²) in [5.74, 6) is -0.505. The summed E-state index contributed by atoms with van der Waals surface area (Å²) in [5, 5.41) is 10.6. The lowest BCUT2D eigenvalue weighted by molar-refractivity contribution is -0.137. The number of rotatable bonds is 4. The Morgan fingerprint density at radius 1 is 1.19 bits per heavy atom. The Hall–Kier alpha value is -3.28. The number of aryl methyl sites for hydroxylation is 1. The summed E-state index contributed by atoms with van der Waals surface area (Å²) in [4.78, 5) is 26.5. The standard InChI is InChI=1S/C21H21NO5/c1-13-8-9-14(10-18(13)26-2)12-22-17-7-5-4-6-15(17)20(24)16(11-19(22)23)21(25)27-3/h4-10,24H,11-12H2,1-3H3. The Balaban J connectivity index is 2.05. The Morgan fingerprint density at radius 2 is 1.93 bits per heavy atom. The molecule has 0 saturated carbocycles. The van der Waals surface area contributed by atoms with E-state index in [1.807, 2.05) is 25.1 Å². The third kappa shape index (κ3) is 3.51. The molecule has 0 aromatic heterocycles. The molecule has 0 spiro atoms. The number of esters is 1. The third-order valence-corrected chi connectivity index (χ3v) is 4.61. The van der Waals surface area contributed by atoms with Crippen molar-refractivity contribution in [2.24, 2.45) is 0 Å². The van der Waals surface area contributed by atoms with Crippen LogP contribution in [0.2, 0.25) is 0 Å². The lowest BCUT2D eigenvalue weighted by Crippen LogP contribution is -2.30. The fraction of sp³-hybridized carbons (Fsp3) is 0.238. The molecule has 1 aliphatic rings. The van der Waals surface area contributed by atoms with Crippen LogP contribution in [0, 0.1) is 6.92 Å². The maximum atomic E-state index is 12.9. The van der Waals surface area contributed by atoms with E-state index < -0.39 is 5.97 Å². The molecule has 1 N–H and O–H groups in total. The SMILES string of the molecule is COC(=O)C1=C(O)c2ccccc2N(Cc2ccc(C)c(OC)c2)C(=O)C1. The molecule has 0 aliphatic carbocycles. The van der Waals surface area contributed by atoms with Gasteiger partial charge in [-0.2, -0.15) is 0 Å². The molecule has 6 heteroatoms. The predicted molar refractivity (Wildman–Crippen MR) is 102 cm³/mol. The molecule has 2 aromatic carbocycles. The average molecular weight is 367 g/mol. The number of methoxy groups -OCH3 is 2. The number of anilines is 1. The molecule has 1 aliphatic heterocycles. The van der Waals surface area contributed by atoms with Crippen LogP contribution in [0.1, 0.15) is 23.1 Å². The summed E-state index contributed by atoms with van der Waals surface area (Å²) >= 11 is 0. The number of fused-ring (bicyclic) bond motifs is 1. The minimum Gasteiger partial charge on any atom is -0.507 e. The van der Waals surface area contributed by atoms with Gasteiger partial charge in [0, 0.05) is 5.56 Å². The summed E-state index contributed by atoms with van der Waals surface area (Å²) in [5.41, 5.74) is 2.79. The van der Waals surface area contributed by atoms with Crippen LogP contribution < -0.4 is 9.64 Å². The number of hydrogen-bond donors (Lipinski definition) is 1. The molecule has 1 heterocycles. The van der Waals surface area contributed by atoms with Gasteiger partial charge in [0.1, 0.15) is 11.5 Å². The van der Waals surface area contributed by atoms with Crippen molar-refractivity contribution in [3.63, 3.8) is 0 Å². The molecule has 1 amide bonds. The molecule has 0 fully saturated rings. The van der Waals surface area contributed by atoms with E-state index in [0.29, 0.717) is 11.3 Å². The lowest BCUT2D eigenvalue weighted by atomic mass is 10.1. The molecule has 0 radical (unpaired) electrons. The van der Waals surface area contributed by atoms with Crippen LogP contribution in [-0.2, 0) is 20.9 Å². The van der Waals surface area contributed by atoms with Crippen molar-refractivity contribution in [3.05, 3.63) is 64.7 Å². The minimum absolute atomic E-state index is 0.0427. The van der Waals surface area contributed by atoms with Gasteiger partial charge in [-0.1, -0.05) is 24.3 Å². The molecule has 0 saturated heterocycles. The van der Waals surface area contributed by atoms with E-state index in [1.165, 1.54) is 7.11 Å². The lowest BCUT2D eigenvalue weighted by Gasteiger charge is -2.23. The van der Waals surface area contributed by atoms with Gasteiger partial charge in [0.15, 0.2) is 0 Å². The molecule has 0 bridgehead atoms. The second-order valence-corrected chi connectivity index (χ2v) is 6.30. The largest absolute Gasteiger partial charge is 0.507 e. The number of amides is 1. The first-order valence-corrected chi connectivity index (χ1v) is 8.50. The third-order valence-electron chi connectivity index (χ3n) is 4.61. The molecule has 0 unspecified atom stereocenters. The maximum Gasteiger partial charge on any atom is 0.338 e. The molecule has 3 rings (SSSR count). The second-order valence-electron chi connectivity index (χ2n) is 6.30. The van der Waals surface area contributed by atoms with Crippen molar-refractivity contribution < 1.29 is 24.2 Å². The fourth-order valence-corrected chi connectivity index (χ4v) is 3.15. The van der Waals surface area contributed by atoms with E-state index >= 15 is 0 Å². The predicted octanol–water partition coefficient (Wildman–Crippen LogP) is 3.38. The van der Waals surface area contributed by atoms with Gasteiger partial charge in [-0.3, -0.25) is 4.79 Å². The van der Waals surface area contributed by atoms with Crippen LogP contribution in [0.4, 0.5) is 5.69 Å². The van der Waals surface area contributed by atoms with Gasteiger partial charge >= 0.3 is 5.97 Å². The van der Waals surface area contributed by atoms with Crippen LogP contribution in [-0.4, -0.2) is 31.2 Å². The van der Waals surface area contributed by atoms with Gasteiger partial charge in [-0.15, -0.1) is 0 Å². The van der Waals surface area contributed by atoms with Gasteiger partial charge in [0.2, 0.25) is 5.91 Å². The summed E-state index contributed by atoms with van der Waals surface area (Å²) in [6.45, 7) is 2.23. The number of carbonyl (C=O) groups is 2. The minimum atomic E-state index is -0.713. The monoisotopic (exact) mass is 367 g/mol. The molecule has 6 nitrogen and oxygen atoms in total. The number of hydrogen-bond acceptors (Lipinski definition) is 5. The van der Waals surface area contributed by atoms with Gasteiger partial charge in [-0.05, 0) is 36.2 Å². The zero-order chi connectivity index (χ0) is 19.6. The van der Waals surface area contributed by atoms with E-state index in [1.54, 1.807) is 36.3 Å². The number of ether oxygens (including phenoxy) is 2. The number of benzene rings is 2. The van der Waals surface area contributed by atoms with Gasteiger partial charge in [-0.25, -0.2) is 4.79 Å². The number of carbonyl (C=O) groups excluding carboxylic acids is 2. The first-order valence-electron chi connectivity index (χ1n) is 8.50. The number of aliphatic hydroxyl groups excluding tert-OH is 1. The van der Waals surface area contributed by atoms with E-state index in [-0.39, 0.29) is 30.2 Å². The highest BCUT2D eigenvalue weighted by molar-refractivity contribution is 6.09. The maximum absolute atomic E-state index is 12.9. The molecule has 140 valence electrons. The summed E-state index contributed by atoms with van der Waals surface area (Å²) in [6.07, 6.45) is -0.240. The zero-order valence-electron chi connectivity index (χ0n) is 15.5. The molecule has 0 atom stereocenters. The van der Waals surface area contributed by atoms with Crippen LogP contribution in [0.25, 0.3) is 5.76 Å². The Kier molecular flexibility index (Phi) is 5.16. The van der Waals surface area contributed by atoms with E-state index in [4.69, 9.17) is 9.47 Å². The quantitative estimate of drug-likeness (QED) is 0.839. The normalized spacial score (nSPS) is 13.9. The first kappa shape index (κ1) is 18.5. The van der Waals surface area contributed by atoms with Crippen LogP contribution in [0.3, 0.4) is 0 Å². The highest BCUT2D eigenvalue weighted by atomic mass is 16.5. The van der Waals surface area contributed by atoms with Crippen LogP contribution in [0.15, 0.2) is 48.0 Å². The van der Waals surface area contributed by atoms with Crippen molar-refractivity contribution in [2.75, 3.05) is 19.1 Å². The van der Waals surface area contributed by atoms with E-state index in [9.17, 15) is 14.7 Å². The Morgan fingerprint density at radius 3 is 2.63 bits per heavy atom. The van der Waals surface area contributed by atoms with Crippen molar-refractivity contribution in [1.29, 1.82) is 0 Å². The summed E-state index contributed by atoms with van der Waals surface area (Å²) < 4.78 is 10.1. The van der Waals surface area contributed by atoms with Gasteiger partial charge < -0.3 is 19.5 Å². The average Bonchev–Trinajstić information content (AvgIpc) is 2.79. The Labute approximate surface area is 157 Å². The van der Waals surface area contributed by atoms with E-state index in [2.05, 4.69) is 0 Å². The second kappa shape index (κ2) is 7.53. The summed E-state index contributed by atoms with van der Waals surface area (Å²) in [6, 6.07) is 12.7. The molecule has 2 aromatic rings. The number of nitrogens with zero attached hydrogens (tertiary/aromatic N) is 1. The molecular weight excluding hydrogens is 346 g/mol. The molecular formula is C21H21NO5. The van der Waals surface area contributed by atoms with Crippen molar-refractivity contribution in [3.8, 4) is 5.75 Å². The van der Waals surface area contributed by atoms with Crippen molar-refractivity contribution in [1.82, 2.24) is 0 Å². The van der Waals surface area contributed by atoms with Gasteiger partial charge in [0.05, 0.1) is 38.4 Å². The van der Waals surface area contributed by atoms with Crippen LogP contribution >= 0.6 is 0 Å². The number of para-hydroxylation sites is 1. The molecule has 27 heavy (non-hydrogen) atoms. The van der Waals surface area contributed by atoms with Crippen molar-refractivity contribution >= 4 is 23.3 Å². The smallest absolute Gasteiger partial charge is 0.338 e. The fourth-order valence-electron chi connectivity index (χ4n) is 3.15. The zero-order valence-corrected chi connectivity index (χ0v) is 15.5. The summed E-state index contributed by atoms with van der Waals surface area (Å²) in [7, 11) is 2.82. The van der Waals surface area contributed by atoms with Crippen molar-refractivity contribution in [2.45, 2.75) is 19.9 Å². The highest BCUT2D eigenvalue weighted by Crippen LogP contribution is 2.34. The van der Waals surface area contributed by atoms with Gasteiger partial charge in [0.25, 0.3) is 0 Å². The van der Waals surface area contributed by atoms with Crippen LogP contribution in [0.5, 0.6) is 5.75 Å². The first-order chi connectivity index (χ1) is 13.0. The van der Waals surface area contributed by atoms with E-state index in [0.717, 1.165) is 16.9 Å². The topological polar surface area (TPSA) is 76.1 Å². The Bertz CT molecular complexity index is 932. The number of aliphatic hydroxyl groups is 1. The highest BCUT2D eigenvalue weighted by Gasteiger charge is 2.31.